The summed E-state index contributed by atoms with van der Waals surface area (Å²) in [7, 11) is 0. The van der Waals surface area contributed by atoms with Crippen molar-refractivity contribution < 1.29 is 9.53 Å². The lowest BCUT2D eigenvalue weighted by molar-refractivity contribution is -0.124. The number of benzene rings is 1. The molecule has 0 saturated carbocycles. The van der Waals surface area contributed by atoms with Gasteiger partial charge in [-0.25, -0.2) is 0 Å². The van der Waals surface area contributed by atoms with Gasteiger partial charge in [-0.15, -0.1) is 0 Å². The van der Waals surface area contributed by atoms with Crippen LogP contribution in [0.5, 0.6) is 0 Å². The number of nitrogens with two attached hydrogens (primary N) is 1. The molecule has 1 aromatic rings. The van der Waals surface area contributed by atoms with Gasteiger partial charge >= 0.3 is 0 Å². The van der Waals surface area contributed by atoms with Gasteiger partial charge < -0.3 is 15.8 Å². The molecule has 0 aromatic heterocycles. The molecule has 0 spiro atoms. The minimum atomic E-state index is -0.398. The third-order valence-corrected chi connectivity index (χ3v) is 4.86. The van der Waals surface area contributed by atoms with Crippen molar-refractivity contribution >= 4 is 5.91 Å². The van der Waals surface area contributed by atoms with Crippen molar-refractivity contribution in [2.75, 3.05) is 19.8 Å². The molecule has 4 heteroatoms. The number of hydrogen-bond acceptors (Lipinski definition) is 3. The predicted octanol–water partition coefficient (Wildman–Crippen LogP) is 1.59. The van der Waals surface area contributed by atoms with Crippen molar-refractivity contribution in [3.8, 4) is 0 Å². The summed E-state index contributed by atoms with van der Waals surface area (Å²) >= 11 is 0. The summed E-state index contributed by atoms with van der Waals surface area (Å²) in [6.45, 7) is 2.15. The molecule has 2 unspecified atom stereocenters. The molecule has 2 atom stereocenters. The van der Waals surface area contributed by atoms with Crippen LogP contribution in [0.3, 0.4) is 0 Å². The average Bonchev–Trinajstić information content (AvgIpc) is 2.96. The molecule has 4 nitrogen and oxygen atoms in total. The SMILES string of the molecule is NC(C(=O)NCC1CCc2ccccc21)C1CCOCC1. The summed E-state index contributed by atoms with van der Waals surface area (Å²) in [5.41, 5.74) is 8.91. The Hall–Kier alpha value is -1.39. The third kappa shape index (κ3) is 3.27. The quantitative estimate of drug-likeness (QED) is 0.884. The Morgan fingerprint density at radius 1 is 1.29 bits per heavy atom. The van der Waals surface area contributed by atoms with Crippen molar-refractivity contribution in [2.45, 2.75) is 37.6 Å². The lowest BCUT2D eigenvalue weighted by Gasteiger charge is -2.27. The van der Waals surface area contributed by atoms with Gasteiger partial charge in [0.25, 0.3) is 0 Å². The molecule has 114 valence electrons. The van der Waals surface area contributed by atoms with Crippen LogP contribution in [0.2, 0.25) is 0 Å². The number of ether oxygens (including phenoxy) is 1. The van der Waals surface area contributed by atoms with Crippen LogP contribution in [0.4, 0.5) is 0 Å². The zero-order chi connectivity index (χ0) is 14.7. The standard InChI is InChI=1S/C17H24N2O2/c18-16(13-7-9-21-10-8-13)17(20)19-11-14-6-5-12-3-1-2-4-15(12)14/h1-4,13-14,16H,5-11,18H2,(H,19,20). The normalized spacial score (nSPS) is 23.6. The van der Waals surface area contributed by atoms with Gasteiger partial charge in [0.15, 0.2) is 0 Å². The molecule has 0 bridgehead atoms. The molecule has 0 radical (unpaired) electrons. The topological polar surface area (TPSA) is 64.4 Å². The molecule has 1 aromatic carbocycles. The van der Waals surface area contributed by atoms with E-state index in [-0.39, 0.29) is 11.8 Å². The molecule has 1 saturated heterocycles. The zero-order valence-electron chi connectivity index (χ0n) is 12.4. The highest BCUT2D eigenvalue weighted by atomic mass is 16.5. The lowest BCUT2D eigenvalue weighted by atomic mass is 9.91. The number of carbonyl (C=O) groups is 1. The molecule has 1 aliphatic heterocycles. The summed E-state index contributed by atoms with van der Waals surface area (Å²) in [4.78, 5) is 12.2. The average molecular weight is 288 g/mol. The van der Waals surface area contributed by atoms with Gasteiger partial charge in [0, 0.05) is 25.7 Å². The molecule has 1 fully saturated rings. The second-order valence-corrected chi connectivity index (χ2v) is 6.16. The van der Waals surface area contributed by atoms with Crippen LogP contribution in [0, 0.1) is 5.92 Å². The molecule has 1 heterocycles. The first-order valence-electron chi connectivity index (χ1n) is 7.94. The smallest absolute Gasteiger partial charge is 0.237 e. The van der Waals surface area contributed by atoms with E-state index in [9.17, 15) is 4.79 Å². The molecule has 21 heavy (non-hydrogen) atoms. The second kappa shape index (κ2) is 6.58. The fraction of sp³-hybridized carbons (Fsp3) is 0.588. The molecule has 3 N–H and O–H groups in total. The summed E-state index contributed by atoms with van der Waals surface area (Å²) < 4.78 is 5.32. The molecule has 1 aliphatic carbocycles. The van der Waals surface area contributed by atoms with E-state index in [0.29, 0.717) is 12.5 Å². The summed E-state index contributed by atoms with van der Waals surface area (Å²) in [6.07, 6.45) is 4.01. The van der Waals surface area contributed by atoms with Crippen LogP contribution < -0.4 is 11.1 Å². The van der Waals surface area contributed by atoms with Gasteiger partial charge in [-0.3, -0.25) is 4.79 Å². The van der Waals surface area contributed by atoms with E-state index in [2.05, 4.69) is 29.6 Å². The number of carbonyl (C=O) groups excluding carboxylic acids is 1. The number of fused-ring (bicyclic) bond motifs is 1. The maximum atomic E-state index is 12.2. The van der Waals surface area contributed by atoms with Gasteiger partial charge in [-0.05, 0) is 42.7 Å². The minimum absolute atomic E-state index is 0.00807. The van der Waals surface area contributed by atoms with Crippen LogP contribution in [0.1, 0.15) is 36.3 Å². The Morgan fingerprint density at radius 2 is 2.05 bits per heavy atom. The number of aryl methyl sites for hydroxylation is 1. The number of nitrogens with one attached hydrogen (secondary N) is 1. The first kappa shape index (κ1) is 14.5. The fourth-order valence-electron chi connectivity index (χ4n) is 3.49. The van der Waals surface area contributed by atoms with E-state index >= 15 is 0 Å². The zero-order valence-corrected chi connectivity index (χ0v) is 12.4. The fourth-order valence-corrected chi connectivity index (χ4v) is 3.49. The van der Waals surface area contributed by atoms with Crippen molar-refractivity contribution in [3.63, 3.8) is 0 Å². The van der Waals surface area contributed by atoms with Crippen LogP contribution >= 0.6 is 0 Å². The van der Waals surface area contributed by atoms with Crippen molar-refractivity contribution in [1.29, 1.82) is 0 Å². The summed E-state index contributed by atoms with van der Waals surface area (Å²) in [6, 6.07) is 8.13. The van der Waals surface area contributed by atoms with Crippen LogP contribution in [0.25, 0.3) is 0 Å². The van der Waals surface area contributed by atoms with Gasteiger partial charge in [-0.2, -0.15) is 0 Å². The maximum absolute atomic E-state index is 12.2. The number of hydrogen-bond donors (Lipinski definition) is 2. The molecule has 2 aliphatic rings. The van der Waals surface area contributed by atoms with Crippen molar-refractivity contribution in [2.24, 2.45) is 11.7 Å². The highest BCUT2D eigenvalue weighted by molar-refractivity contribution is 5.81. The first-order valence-corrected chi connectivity index (χ1v) is 7.94. The van der Waals surface area contributed by atoms with Crippen molar-refractivity contribution in [1.82, 2.24) is 5.32 Å². The molecule has 1 amide bonds. The summed E-state index contributed by atoms with van der Waals surface area (Å²) in [5, 5.41) is 3.06. The van der Waals surface area contributed by atoms with E-state index in [4.69, 9.17) is 10.5 Å². The lowest BCUT2D eigenvalue weighted by Crippen LogP contribution is -2.47. The molecule has 3 rings (SSSR count). The third-order valence-electron chi connectivity index (χ3n) is 4.86. The molecular formula is C17H24N2O2. The minimum Gasteiger partial charge on any atom is -0.381 e. The van der Waals surface area contributed by atoms with E-state index in [1.807, 2.05) is 0 Å². The van der Waals surface area contributed by atoms with Crippen LogP contribution in [-0.2, 0) is 16.0 Å². The number of rotatable bonds is 4. The Labute approximate surface area is 126 Å². The van der Waals surface area contributed by atoms with Gasteiger partial charge in [0.2, 0.25) is 5.91 Å². The van der Waals surface area contributed by atoms with Gasteiger partial charge in [-0.1, -0.05) is 24.3 Å². The summed E-state index contributed by atoms with van der Waals surface area (Å²) in [5.74, 6) is 0.688. The monoisotopic (exact) mass is 288 g/mol. The van der Waals surface area contributed by atoms with E-state index in [1.54, 1.807) is 0 Å². The predicted molar refractivity (Wildman–Crippen MR) is 82.0 cm³/mol. The first-order chi connectivity index (χ1) is 10.3. The van der Waals surface area contributed by atoms with E-state index in [1.165, 1.54) is 11.1 Å². The Balaban J connectivity index is 1.52. The van der Waals surface area contributed by atoms with Crippen LogP contribution in [0.15, 0.2) is 24.3 Å². The van der Waals surface area contributed by atoms with E-state index < -0.39 is 6.04 Å². The highest BCUT2D eigenvalue weighted by Crippen LogP contribution is 2.32. The Kier molecular flexibility index (Phi) is 4.56. The number of amides is 1. The van der Waals surface area contributed by atoms with Crippen molar-refractivity contribution in [3.05, 3.63) is 35.4 Å². The maximum Gasteiger partial charge on any atom is 0.237 e. The Bertz CT molecular complexity index is 497. The second-order valence-electron chi connectivity index (χ2n) is 6.16. The largest absolute Gasteiger partial charge is 0.381 e. The van der Waals surface area contributed by atoms with E-state index in [0.717, 1.165) is 38.9 Å². The highest BCUT2D eigenvalue weighted by Gasteiger charge is 2.28. The van der Waals surface area contributed by atoms with Gasteiger partial charge in [0.05, 0.1) is 6.04 Å². The van der Waals surface area contributed by atoms with Gasteiger partial charge in [0.1, 0.15) is 0 Å². The van der Waals surface area contributed by atoms with Crippen LogP contribution in [-0.4, -0.2) is 31.7 Å². The molecular weight excluding hydrogens is 264 g/mol. The Morgan fingerprint density at radius 3 is 2.86 bits per heavy atom.